The van der Waals surface area contributed by atoms with Crippen LogP contribution in [0.3, 0.4) is 0 Å². The van der Waals surface area contributed by atoms with Gasteiger partial charge in [0.05, 0.1) is 17.7 Å². The van der Waals surface area contributed by atoms with E-state index in [0.717, 1.165) is 17.3 Å². The fraction of sp³-hybridized carbons (Fsp3) is 0.312. The Bertz CT molecular complexity index is 727. The first kappa shape index (κ1) is 13.2. The van der Waals surface area contributed by atoms with Crippen LogP contribution in [0.5, 0.6) is 5.75 Å². The zero-order valence-electron chi connectivity index (χ0n) is 12.0. The summed E-state index contributed by atoms with van der Waals surface area (Å²) >= 11 is 1.75. The predicted molar refractivity (Wildman–Crippen MR) is 83.7 cm³/mol. The van der Waals surface area contributed by atoms with Crippen LogP contribution in [0.4, 0.5) is 0 Å². The molecule has 0 N–H and O–H groups in total. The number of aryl methyl sites for hydroxylation is 1. The number of thiazole rings is 1. The van der Waals surface area contributed by atoms with E-state index in [9.17, 15) is 0 Å². The summed E-state index contributed by atoms with van der Waals surface area (Å²) in [5.74, 6) is 0.930. The van der Waals surface area contributed by atoms with Crippen molar-refractivity contribution >= 4 is 22.2 Å². The highest BCUT2D eigenvalue weighted by Crippen LogP contribution is 2.24. The summed E-state index contributed by atoms with van der Waals surface area (Å²) in [6.45, 7) is 7.00. The maximum absolute atomic E-state index is 5.74. The van der Waals surface area contributed by atoms with Gasteiger partial charge in [-0.25, -0.2) is 4.98 Å². The summed E-state index contributed by atoms with van der Waals surface area (Å²) in [7, 11) is 0. The fourth-order valence-corrected chi connectivity index (χ4v) is 3.10. The zero-order valence-corrected chi connectivity index (χ0v) is 12.8. The molecule has 0 atom stereocenters. The summed E-state index contributed by atoms with van der Waals surface area (Å²) < 4.78 is 7.99. The molecule has 0 saturated carbocycles. The van der Waals surface area contributed by atoms with Crippen molar-refractivity contribution in [3.05, 3.63) is 46.5 Å². The quantitative estimate of drug-likeness (QED) is 0.717. The molecule has 0 amide bonds. The molecule has 4 heteroatoms. The van der Waals surface area contributed by atoms with Crippen molar-refractivity contribution in [1.29, 1.82) is 0 Å². The second-order valence-corrected chi connectivity index (χ2v) is 6.50. The van der Waals surface area contributed by atoms with Crippen molar-refractivity contribution in [2.45, 2.75) is 33.4 Å². The number of aromatic nitrogens is 2. The highest BCUT2D eigenvalue weighted by molar-refractivity contribution is 7.11. The molecule has 0 saturated heterocycles. The molecule has 0 aliphatic carbocycles. The Labute approximate surface area is 122 Å². The van der Waals surface area contributed by atoms with Crippen molar-refractivity contribution in [1.82, 2.24) is 9.55 Å². The Hall–Kier alpha value is -1.81. The largest absolute Gasteiger partial charge is 0.491 e. The fourth-order valence-electron chi connectivity index (χ4n) is 2.31. The van der Waals surface area contributed by atoms with Gasteiger partial charge in [-0.2, -0.15) is 0 Å². The van der Waals surface area contributed by atoms with Crippen LogP contribution < -0.4 is 4.74 Å². The van der Waals surface area contributed by atoms with Gasteiger partial charge in [-0.1, -0.05) is 0 Å². The van der Waals surface area contributed by atoms with E-state index in [4.69, 9.17) is 4.74 Å². The number of nitrogens with zero attached hydrogens (tertiary/aromatic N) is 2. The molecule has 0 radical (unpaired) electrons. The summed E-state index contributed by atoms with van der Waals surface area (Å²) in [5, 5.41) is 2.33. The van der Waals surface area contributed by atoms with E-state index >= 15 is 0 Å². The van der Waals surface area contributed by atoms with E-state index in [2.05, 4.69) is 33.9 Å². The zero-order chi connectivity index (χ0) is 14.1. The molecular formula is C16H18N2OS. The van der Waals surface area contributed by atoms with Crippen LogP contribution in [0.15, 0.2) is 36.7 Å². The molecule has 1 aromatic carbocycles. The maximum atomic E-state index is 5.74. The van der Waals surface area contributed by atoms with Crippen LogP contribution >= 0.6 is 11.3 Å². The average molecular weight is 286 g/mol. The van der Waals surface area contributed by atoms with E-state index in [0.29, 0.717) is 0 Å². The first-order chi connectivity index (χ1) is 9.61. The van der Waals surface area contributed by atoms with Gasteiger partial charge in [0.25, 0.3) is 0 Å². The number of hydrogen-bond acceptors (Lipinski definition) is 3. The smallest absolute Gasteiger partial charge is 0.120 e. The van der Waals surface area contributed by atoms with Crippen LogP contribution in [0.2, 0.25) is 0 Å². The normalized spacial score (nSPS) is 11.4. The Morgan fingerprint density at radius 1 is 1.30 bits per heavy atom. The van der Waals surface area contributed by atoms with Gasteiger partial charge in [0.1, 0.15) is 5.75 Å². The molecule has 3 rings (SSSR count). The van der Waals surface area contributed by atoms with Crippen LogP contribution in [0.1, 0.15) is 23.7 Å². The van der Waals surface area contributed by atoms with E-state index in [-0.39, 0.29) is 6.10 Å². The van der Waals surface area contributed by atoms with Crippen molar-refractivity contribution in [2.24, 2.45) is 0 Å². The molecule has 3 nitrogen and oxygen atoms in total. The highest BCUT2D eigenvalue weighted by Gasteiger charge is 2.06. The SMILES string of the molecule is Cc1ncc(Cn2ccc3cc(OC(C)C)ccc32)s1. The molecule has 2 aromatic heterocycles. The van der Waals surface area contributed by atoms with Crippen molar-refractivity contribution in [2.75, 3.05) is 0 Å². The second kappa shape index (κ2) is 5.29. The van der Waals surface area contributed by atoms with Gasteiger partial charge in [0, 0.05) is 28.2 Å². The molecular weight excluding hydrogens is 268 g/mol. The van der Waals surface area contributed by atoms with Gasteiger partial charge >= 0.3 is 0 Å². The first-order valence-corrected chi connectivity index (χ1v) is 7.60. The minimum Gasteiger partial charge on any atom is -0.491 e. The van der Waals surface area contributed by atoms with Crippen molar-refractivity contribution < 1.29 is 4.74 Å². The summed E-state index contributed by atoms with van der Waals surface area (Å²) in [6.07, 6.45) is 4.29. The van der Waals surface area contributed by atoms with E-state index < -0.39 is 0 Å². The standard InChI is InChI=1S/C16H18N2OS/c1-11(2)19-14-4-5-16-13(8-14)6-7-18(16)10-15-9-17-12(3)20-15/h4-9,11H,10H2,1-3H3. The van der Waals surface area contributed by atoms with E-state index in [1.165, 1.54) is 15.8 Å². The molecule has 0 bridgehead atoms. The van der Waals surface area contributed by atoms with Crippen LogP contribution in [-0.4, -0.2) is 15.7 Å². The van der Waals surface area contributed by atoms with Crippen LogP contribution in [0.25, 0.3) is 10.9 Å². The van der Waals surface area contributed by atoms with Gasteiger partial charge < -0.3 is 9.30 Å². The second-order valence-electron chi connectivity index (χ2n) is 5.18. The predicted octanol–water partition coefficient (Wildman–Crippen LogP) is 4.24. The van der Waals surface area contributed by atoms with E-state index in [1.807, 2.05) is 33.0 Å². The average Bonchev–Trinajstić information content (AvgIpc) is 2.96. The number of fused-ring (bicyclic) bond motifs is 1. The molecule has 3 aromatic rings. The molecule has 2 heterocycles. The summed E-state index contributed by atoms with van der Waals surface area (Å²) in [6, 6.07) is 8.40. The summed E-state index contributed by atoms with van der Waals surface area (Å²) in [4.78, 5) is 5.59. The monoisotopic (exact) mass is 286 g/mol. The minimum absolute atomic E-state index is 0.203. The van der Waals surface area contributed by atoms with Gasteiger partial charge in [0.15, 0.2) is 0 Å². The highest BCUT2D eigenvalue weighted by atomic mass is 32.1. The minimum atomic E-state index is 0.203. The Morgan fingerprint density at radius 3 is 2.85 bits per heavy atom. The Kier molecular flexibility index (Phi) is 3.49. The maximum Gasteiger partial charge on any atom is 0.120 e. The molecule has 0 aliphatic rings. The van der Waals surface area contributed by atoms with E-state index in [1.54, 1.807) is 11.3 Å². The lowest BCUT2D eigenvalue weighted by atomic mass is 10.2. The third kappa shape index (κ3) is 2.70. The number of ether oxygens (including phenoxy) is 1. The number of benzene rings is 1. The third-order valence-corrected chi connectivity index (χ3v) is 4.01. The van der Waals surface area contributed by atoms with Crippen LogP contribution in [0, 0.1) is 6.92 Å². The molecule has 0 spiro atoms. The Morgan fingerprint density at radius 2 is 2.15 bits per heavy atom. The molecule has 0 unspecified atom stereocenters. The molecule has 104 valence electrons. The van der Waals surface area contributed by atoms with Crippen molar-refractivity contribution in [3.63, 3.8) is 0 Å². The van der Waals surface area contributed by atoms with Gasteiger partial charge in [-0.05, 0) is 45.0 Å². The van der Waals surface area contributed by atoms with Gasteiger partial charge in [0.2, 0.25) is 0 Å². The lowest BCUT2D eigenvalue weighted by molar-refractivity contribution is 0.243. The lowest BCUT2D eigenvalue weighted by Crippen LogP contribution is -2.05. The van der Waals surface area contributed by atoms with Crippen molar-refractivity contribution in [3.8, 4) is 5.75 Å². The molecule has 20 heavy (non-hydrogen) atoms. The summed E-state index contributed by atoms with van der Waals surface area (Å²) in [5.41, 5.74) is 1.23. The van der Waals surface area contributed by atoms with Crippen LogP contribution in [-0.2, 0) is 6.54 Å². The third-order valence-electron chi connectivity index (χ3n) is 3.11. The topological polar surface area (TPSA) is 27.1 Å². The molecule has 0 fully saturated rings. The number of hydrogen-bond donors (Lipinski definition) is 0. The lowest BCUT2D eigenvalue weighted by Gasteiger charge is -2.10. The Balaban J connectivity index is 1.89. The van der Waals surface area contributed by atoms with Gasteiger partial charge in [-0.3, -0.25) is 0 Å². The van der Waals surface area contributed by atoms with Gasteiger partial charge in [-0.15, -0.1) is 11.3 Å². The number of rotatable bonds is 4. The molecule has 0 aliphatic heterocycles. The first-order valence-electron chi connectivity index (χ1n) is 6.78.